The number of nitrogens with one attached hydrogen (secondary N) is 1. The number of nitriles is 1. The van der Waals surface area contributed by atoms with Crippen LogP contribution in [0.15, 0.2) is 30.5 Å². The molecule has 0 fully saturated rings. The predicted octanol–water partition coefficient (Wildman–Crippen LogP) is 2.08. The predicted molar refractivity (Wildman–Crippen MR) is 71.6 cm³/mol. The zero-order valence-electron chi connectivity index (χ0n) is 10.5. The Balaban J connectivity index is 2.19. The molecule has 0 spiro atoms. The molecule has 0 unspecified atom stereocenters. The highest BCUT2D eigenvalue weighted by molar-refractivity contribution is 5.92. The molecule has 0 amide bonds. The summed E-state index contributed by atoms with van der Waals surface area (Å²) in [5.74, 6) is 0.436. The number of esters is 1. The summed E-state index contributed by atoms with van der Waals surface area (Å²) in [7, 11) is 1.36. The molecule has 0 aliphatic carbocycles. The Labute approximate surface area is 110 Å². The molecule has 0 aliphatic rings. The van der Waals surface area contributed by atoms with Crippen molar-refractivity contribution in [1.82, 2.24) is 4.98 Å². The number of pyridine rings is 1. The van der Waals surface area contributed by atoms with Crippen LogP contribution in [-0.2, 0) is 9.53 Å². The second kappa shape index (κ2) is 5.83. The van der Waals surface area contributed by atoms with Crippen LogP contribution in [0.25, 0.3) is 10.8 Å². The Morgan fingerprint density at radius 1 is 1.47 bits per heavy atom. The van der Waals surface area contributed by atoms with Crippen molar-refractivity contribution >= 4 is 22.6 Å². The van der Waals surface area contributed by atoms with Crippen LogP contribution in [0.2, 0.25) is 0 Å². The number of rotatable bonds is 4. The van der Waals surface area contributed by atoms with E-state index in [1.165, 1.54) is 7.11 Å². The van der Waals surface area contributed by atoms with E-state index in [1.54, 1.807) is 12.3 Å². The van der Waals surface area contributed by atoms with Gasteiger partial charge in [0.05, 0.1) is 25.2 Å². The zero-order chi connectivity index (χ0) is 13.7. The van der Waals surface area contributed by atoms with Crippen LogP contribution in [0.3, 0.4) is 0 Å². The van der Waals surface area contributed by atoms with Crippen LogP contribution >= 0.6 is 0 Å². The van der Waals surface area contributed by atoms with Gasteiger partial charge in [-0.1, -0.05) is 0 Å². The molecule has 0 atom stereocenters. The number of nitrogens with zero attached hydrogens (tertiary/aromatic N) is 2. The van der Waals surface area contributed by atoms with Crippen molar-refractivity contribution in [3.8, 4) is 6.07 Å². The van der Waals surface area contributed by atoms with E-state index < -0.39 is 0 Å². The first kappa shape index (κ1) is 12.8. The van der Waals surface area contributed by atoms with Crippen LogP contribution in [0, 0.1) is 11.3 Å². The van der Waals surface area contributed by atoms with Crippen molar-refractivity contribution < 1.29 is 9.53 Å². The molecule has 1 N–H and O–H groups in total. The van der Waals surface area contributed by atoms with Crippen LogP contribution < -0.4 is 5.32 Å². The fourth-order valence-electron chi connectivity index (χ4n) is 1.77. The number of aromatic nitrogens is 1. The quantitative estimate of drug-likeness (QED) is 0.846. The molecule has 0 bridgehead atoms. The van der Waals surface area contributed by atoms with Crippen LogP contribution in [-0.4, -0.2) is 24.6 Å². The summed E-state index contributed by atoms with van der Waals surface area (Å²) in [5, 5.41) is 13.8. The molecule has 19 heavy (non-hydrogen) atoms. The molecule has 0 saturated carbocycles. The number of benzene rings is 1. The van der Waals surface area contributed by atoms with E-state index in [4.69, 9.17) is 5.26 Å². The van der Waals surface area contributed by atoms with Gasteiger partial charge in [-0.25, -0.2) is 4.98 Å². The molecule has 96 valence electrons. The average molecular weight is 255 g/mol. The fraction of sp³-hybridized carbons (Fsp3) is 0.214. The summed E-state index contributed by atoms with van der Waals surface area (Å²) >= 11 is 0. The first-order chi connectivity index (χ1) is 9.24. The van der Waals surface area contributed by atoms with Gasteiger partial charge in [0.25, 0.3) is 0 Å². The molecular formula is C14H13N3O2. The number of carbonyl (C=O) groups excluding carboxylic acids is 1. The lowest BCUT2D eigenvalue weighted by Crippen LogP contribution is -2.10. The monoisotopic (exact) mass is 255 g/mol. The molecule has 0 radical (unpaired) electrons. The molecule has 5 heteroatoms. The average Bonchev–Trinajstić information content (AvgIpc) is 2.46. The van der Waals surface area contributed by atoms with Gasteiger partial charge in [-0.2, -0.15) is 5.26 Å². The van der Waals surface area contributed by atoms with Crippen molar-refractivity contribution in [1.29, 1.82) is 5.26 Å². The largest absolute Gasteiger partial charge is 0.469 e. The molecule has 0 saturated heterocycles. The number of fused-ring (bicyclic) bond motifs is 1. The number of ether oxygens (including phenoxy) is 1. The molecule has 1 heterocycles. The Morgan fingerprint density at radius 2 is 2.32 bits per heavy atom. The SMILES string of the molecule is COC(=O)CCNc1nccc2cc(C#N)ccc12. The smallest absolute Gasteiger partial charge is 0.307 e. The van der Waals surface area contributed by atoms with E-state index in [0.717, 1.165) is 10.8 Å². The van der Waals surface area contributed by atoms with Gasteiger partial charge in [-0.05, 0) is 29.7 Å². The highest BCUT2D eigenvalue weighted by Gasteiger charge is 2.04. The number of methoxy groups -OCH3 is 1. The highest BCUT2D eigenvalue weighted by Crippen LogP contribution is 2.21. The fourth-order valence-corrected chi connectivity index (χ4v) is 1.77. The van der Waals surface area contributed by atoms with Gasteiger partial charge in [-0.3, -0.25) is 4.79 Å². The van der Waals surface area contributed by atoms with E-state index in [9.17, 15) is 4.79 Å². The lowest BCUT2D eigenvalue weighted by Gasteiger charge is -2.08. The minimum atomic E-state index is -0.264. The van der Waals surface area contributed by atoms with Crippen LogP contribution in [0.1, 0.15) is 12.0 Å². The van der Waals surface area contributed by atoms with Gasteiger partial charge < -0.3 is 10.1 Å². The van der Waals surface area contributed by atoms with Crippen LogP contribution in [0.4, 0.5) is 5.82 Å². The summed E-state index contributed by atoms with van der Waals surface area (Å²) in [6.45, 7) is 0.457. The molecular weight excluding hydrogens is 242 g/mol. The van der Waals surface area contributed by atoms with E-state index in [1.807, 2.05) is 18.2 Å². The number of hydrogen-bond donors (Lipinski definition) is 1. The van der Waals surface area contributed by atoms with Crippen molar-refractivity contribution in [2.75, 3.05) is 19.0 Å². The van der Waals surface area contributed by atoms with Gasteiger partial charge in [0.2, 0.25) is 0 Å². The van der Waals surface area contributed by atoms with Crippen molar-refractivity contribution in [2.45, 2.75) is 6.42 Å². The van der Waals surface area contributed by atoms with Gasteiger partial charge >= 0.3 is 5.97 Å². The Kier molecular flexibility index (Phi) is 3.94. The maximum atomic E-state index is 11.0. The topological polar surface area (TPSA) is 75.0 Å². The molecule has 2 aromatic rings. The van der Waals surface area contributed by atoms with Gasteiger partial charge in [0.1, 0.15) is 5.82 Å². The molecule has 5 nitrogen and oxygen atoms in total. The van der Waals surface area contributed by atoms with Gasteiger partial charge in [0, 0.05) is 18.1 Å². The first-order valence-electron chi connectivity index (χ1n) is 5.84. The zero-order valence-corrected chi connectivity index (χ0v) is 10.5. The molecule has 0 aliphatic heterocycles. The van der Waals surface area contributed by atoms with Crippen LogP contribution in [0.5, 0.6) is 0 Å². The maximum Gasteiger partial charge on any atom is 0.307 e. The number of hydrogen-bond acceptors (Lipinski definition) is 5. The first-order valence-corrected chi connectivity index (χ1v) is 5.84. The minimum Gasteiger partial charge on any atom is -0.469 e. The lowest BCUT2D eigenvalue weighted by molar-refractivity contribution is -0.140. The third-order valence-corrected chi connectivity index (χ3v) is 2.74. The van der Waals surface area contributed by atoms with Crippen molar-refractivity contribution in [2.24, 2.45) is 0 Å². The minimum absolute atomic E-state index is 0.264. The van der Waals surface area contributed by atoms with E-state index in [-0.39, 0.29) is 12.4 Å². The number of carbonyl (C=O) groups is 1. The Hall–Kier alpha value is -2.61. The highest BCUT2D eigenvalue weighted by atomic mass is 16.5. The Morgan fingerprint density at radius 3 is 3.05 bits per heavy atom. The third-order valence-electron chi connectivity index (χ3n) is 2.74. The summed E-state index contributed by atoms with van der Waals surface area (Å²) in [6, 6.07) is 9.35. The molecule has 1 aromatic heterocycles. The lowest BCUT2D eigenvalue weighted by atomic mass is 10.1. The van der Waals surface area contributed by atoms with Gasteiger partial charge in [-0.15, -0.1) is 0 Å². The van der Waals surface area contributed by atoms with E-state index in [2.05, 4.69) is 21.1 Å². The second-order valence-electron chi connectivity index (χ2n) is 3.96. The van der Waals surface area contributed by atoms with Gasteiger partial charge in [0.15, 0.2) is 0 Å². The molecule has 1 aromatic carbocycles. The normalized spacial score (nSPS) is 9.89. The Bertz CT molecular complexity index is 647. The second-order valence-corrected chi connectivity index (χ2v) is 3.96. The number of anilines is 1. The summed E-state index contributed by atoms with van der Waals surface area (Å²) in [5.41, 5.74) is 0.610. The van der Waals surface area contributed by atoms with Crippen molar-refractivity contribution in [3.05, 3.63) is 36.0 Å². The maximum absolute atomic E-state index is 11.0. The summed E-state index contributed by atoms with van der Waals surface area (Å²) < 4.78 is 4.57. The summed E-state index contributed by atoms with van der Waals surface area (Å²) in [4.78, 5) is 15.3. The van der Waals surface area contributed by atoms with Crippen molar-refractivity contribution in [3.63, 3.8) is 0 Å². The standard InChI is InChI=1S/C14H13N3O2/c1-19-13(18)5-7-17-14-12-3-2-10(9-15)8-11(12)4-6-16-14/h2-4,6,8H,5,7H2,1H3,(H,16,17). The summed E-state index contributed by atoms with van der Waals surface area (Å²) in [6.07, 6.45) is 1.95. The van der Waals surface area contributed by atoms with E-state index >= 15 is 0 Å². The molecule has 2 rings (SSSR count). The van der Waals surface area contributed by atoms with E-state index in [0.29, 0.717) is 17.9 Å². The third kappa shape index (κ3) is 2.99.